The SMILES string of the molecule is CC(C)C[C@H](NS(=O)(=O)c1ccc2c(c1)CC(=O)N2)C(=O)N1CCCC1. The summed E-state index contributed by atoms with van der Waals surface area (Å²) in [6.45, 7) is 5.29. The Morgan fingerprint density at radius 3 is 2.62 bits per heavy atom. The Kier molecular flexibility index (Phi) is 5.34. The number of sulfonamides is 1. The summed E-state index contributed by atoms with van der Waals surface area (Å²) in [5.74, 6) is -0.127. The molecule has 0 spiro atoms. The van der Waals surface area contributed by atoms with E-state index in [9.17, 15) is 18.0 Å². The van der Waals surface area contributed by atoms with Crippen molar-refractivity contribution in [2.75, 3.05) is 18.4 Å². The maximum Gasteiger partial charge on any atom is 0.241 e. The molecule has 2 amide bonds. The normalized spacial score (nSPS) is 18.1. The van der Waals surface area contributed by atoms with Gasteiger partial charge in [-0.25, -0.2) is 8.42 Å². The highest BCUT2D eigenvalue weighted by molar-refractivity contribution is 7.89. The fraction of sp³-hybridized carbons (Fsp3) is 0.556. The number of rotatable bonds is 6. The highest BCUT2D eigenvalue weighted by Gasteiger charge is 2.31. The Morgan fingerprint density at radius 1 is 1.27 bits per heavy atom. The van der Waals surface area contributed by atoms with E-state index >= 15 is 0 Å². The molecule has 0 radical (unpaired) electrons. The smallest absolute Gasteiger partial charge is 0.241 e. The van der Waals surface area contributed by atoms with Gasteiger partial charge in [-0.15, -0.1) is 0 Å². The number of carbonyl (C=O) groups is 2. The zero-order valence-electron chi connectivity index (χ0n) is 15.1. The van der Waals surface area contributed by atoms with Gasteiger partial charge in [0.2, 0.25) is 21.8 Å². The van der Waals surface area contributed by atoms with Crippen molar-refractivity contribution >= 4 is 27.5 Å². The molecule has 142 valence electrons. The fourth-order valence-electron chi connectivity index (χ4n) is 3.46. The summed E-state index contributed by atoms with van der Waals surface area (Å²) in [5.41, 5.74) is 1.30. The lowest BCUT2D eigenvalue weighted by Gasteiger charge is -2.25. The van der Waals surface area contributed by atoms with Crippen LogP contribution in [0.1, 0.15) is 38.7 Å². The molecule has 2 N–H and O–H groups in total. The van der Waals surface area contributed by atoms with E-state index < -0.39 is 16.1 Å². The quantitative estimate of drug-likeness (QED) is 0.783. The van der Waals surface area contributed by atoms with E-state index in [1.54, 1.807) is 11.0 Å². The third kappa shape index (κ3) is 4.07. The van der Waals surface area contributed by atoms with Crippen LogP contribution in [-0.2, 0) is 26.0 Å². The maximum absolute atomic E-state index is 12.8. The van der Waals surface area contributed by atoms with Crippen molar-refractivity contribution in [2.45, 2.75) is 50.5 Å². The Labute approximate surface area is 154 Å². The Hall–Kier alpha value is -1.93. The van der Waals surface area contributed by atoms with E-state index in [0.717, 1.165) is 12.8 Å². The number of amides is 2. The molecule has 1 aromatic rings. The molecular weight excluding hydrogens is 354 g/mol. The molecule has 2 heterocycles. The molecule has 0 unspecified atom stereocenters. The van der Waals surface area contributed by atoms with Gasteiger partial charge in [-0.1, -0.05) is 13.8 Å². The average Bonchev–Trinajstić information content (AvgIpc) is 3.20. The summed E-state index contributed by atoms with van der Waals surface area (Å²) in [6.07, 6.45) is 2.53. The topological polar surface area (TPSA) is 95.6 Å². The van der Waals surface area contributed by atoms with Crippen LogP contribution in [0.3, 0.4) is 0 Å². The van der Waals surface area contributed by atoms with Crippen LogP contribution in [0.4, 0.5) is 5.69 Å². The lowest BCUT2D eigenvalue weighted by molar-refractivity contribution is -0.132. The first-order valence-electron chi connectivity index (χ1n) is 9.00. The van der Waals surface area contributed by atoms with Crippen LogP contribution >= 0.6 is 0 Å². The van der Waals surface area contributed by atoms with Gasteiger partial charge in [0.15, 0.2) is 0 Å². The first kappa shape index (κ1) is 18.8. The van der Waals surface area contributed by atoms with Gasteiger partial charge in [0, 0.05) is 18.8 Å². The Morgan fingerprint density at radius 2 is 1.96 bits per heavy atom. The minimum Gasteiger partial charge on any atom is -0.341 e. The molecule has 1 aromatic carbocycles. The summed E-state index contributed by atoms with van der Waals surface area (Å²) >= 11 is 0. The molecule has 2 aliphatic rings. The lowest BCUT2D eigenvalue weighted by atomic mass is 10.0. The number of hydrogen-bond donors (Lipinski definition) is 2. The largest absolute Gasteiger partial charge is 0.341 e. The standard InChI is InChI=1S/C18H25N3O4S/c1-12(2)9-16(18(23)21-7-3-4-8-21)20-26(24,25)14-5-6-15-13(10-14)11-17(22)19-15/h5-6,10,12,16,20H,3-4,7-9,11H2,1-2H3,(H,19,22)/t16-/m0/s1. The predicted octanol–water partition coefficient (Wildman–Crippen LogP) is 1.50. The van der Waals surface area contributed by atoms with Crippen molar-refractivity contribution in [3.05, 3.63) is 23.8 Å². The molecule has 1 atom stereocenters. The number of fused-ring (bicyclic) bond motifs is 1. The first-order valence-corrected chi connectivity index (χ1v) is 10.5. The number of hydrogen-bond acceptors (Lipinski definition) is 4. The third-order valence-corrected chi connectivity index (χ3v) is 6.20. The van der Waals surface area contributed by atoms with Crippen molar-refractivity contribution in [3.63, 3.8) is 0 Å². The van der Waals surface area contributed by atoms with Gasteiger partial charge in [0.25, 0.3) is 0 Å². The second kappa shape index (κ2) is 7.36. The van der Waals surface area contributed by atoms with Gasteiger partial charge in [-0.3, -0.25) is 9.59 Å². The van der Waals surface area contributed by atoms with Crippen LogP contribution < -0.4 is 10.0 Å². The van der Waals surface area contributed by atoms with Gasteiger partial charge in [-0.05, 0) is 48.9 Å². The molecular formula is C18H25N3O4S. The number of benzene rings is 1. The third-order valence-electron chi connectivity index (χ3n) is 4.73. The van der Waals surface area contributed by atoms with Crippen LogP contribution in [0.15, 0.2) is 23.1 Å². The van der Waals surface area contributed by atoms with E-state index in [1.165, 1.54) is 12.1 Å². The lowest BCUT2D eigenvalue weighted by Crippen LogP contribution is -2.48. The molecule has 26 heavy (non-hydrogen) atoms. The van der Waals surface area contributed by atoms with Gasteiger partial charge in [-0.2, -0.15) is 4.72 Å². The maximum atomic E-state index is 12.8. The summed E-state index contributed by atoms with van der Waals surface area (Å²) < 4.78 is 28.3. The highest BCUT2D eigenvalue weighted by Crippen LogP contribution is 2.26. The van der Waals surface area contributed by atoms with Crippen molar-refractivity contribution in [1.29, 1.82) is 0 Å². The molecule has 7 nitrogen and oxygen atoms in total. The minimum absolute atomic E-state index is 0.0794. The van der Waals surface area contributed by atoms with E-state index in [2.05, 4.69) is 10.0 Å². The number of anilines is 1. The van der Waals surface area contributed by atoms with Crippen LogP contribution in [-0.4, -0.2) is 44.3 Å². The second-order valence-corrected chi connectivity index (χ2v) is 9.09. The van der Waals surface area contributed by atoms with Crippen molar-refractivity contribution in [1.82, 2.24) is 9.62 Å². The van der Waals surface area contributed by atoms with Crippen LogP contribution in [0.25, 0.3) is 0 Å². The van der Waals surface area contributed by atoms with Gasteiger partial charge in [0.05, 0.1) is 11.3 Å². The summed E-state index contributed by atoms with van der Waals surface area (Å²) in [4.78, 5) is 26.1. The number of likely N-dealkylation sites (tertiary alicyclic amines) is 1. The minimum atomic E-state index is -3.86. The van der Waals surface area contributed by atoms with E-state index in [4.69, 9.17) is 0 Å². The van der Waals surface area contributed by atoms with Gasteiger partial charge < -0.3 is 10.2 Å². The Balaban J connectivity index is 1.81. The number of carbonyl (C=O) groups excluding carboxylic acids is 2. The van der Waals surface area contributed by atoms with Crippen molar-refractivity contribution in [3.8, 4) is 0 Å². The predicted molar refractivity (Wildman–Crippen MR) is 98.2 cm³/mol. The van der Waals surface area contributed by atoms with E-state index in [-0.39, 0.29) is 29.0 Å². The summed E-state index contributed by atoms with van der Waals surface area (Å²) in [6, 6.07) is 3.78. The monoisotopic (exact) mass is 379 g/mol. The molecule has 8 heteroatoms. The molecule has 1 fully saturated rings. The van der Waals surface area contributed by atoms with Crippen LogP contribution in [0, 0.1) is 5.92 Å². The molecule has 0 saturated carbocycles. The zero-order chi connectivity index (χ0) is 18.9. The second-order valence-electron chi connectivity index (χ2n) is 7.38. The summed E-state index contributed by atoms with van der Waals surface area (Å²) in [7, 11) is -3.86. The van der Waals surface area contributed by atoms with Crippen LogP contribution in [0.2, 0.25) is 0 Å². The van der Waals surface area contributed by atoms with Crippen molar-refractivity contribution < 1.29 is 18.0 Å². The molecule has 2 aliphatic heterocycles. The number of nitrogens with one attached hydrogen (secondary N) is 2. The van der Waals surface area contributed by atoms with Crippen LogP contribution in [0.5, 0.6) is 0 Å². The van der Waals surface area contributed by atoms with E-state index in [1.807, 2.05) is 13.8 Å². The molecule has 1 saturated heterocycles. The van der Waals surface area contributed by atoms with Gasteiger partial charge in [0.1, 0.15) is 6.04 Å². The van der Waals surface area contributed by atoms with E-state index in [0.29, 0.717) is 30.8 Å². The molecule has 0 aromatic heterocycles. The Bertz CT molecular complexity index is 814. The fourth-order valence-corrected chi connectivity index (χ4v) is 4.71. The molecule has 0 aliphatic carbocycles. The van der Waals surface area contributed by atoms with Crippen molar-refractivity contribution in [2.24, 2.45) is 5.92 Å². The first-order chi connectivity index (χ1) is 12.3. The van der Waals surface area contributed by atoms with Gasteiger partial charge >= 0.3 is 0 Å². The molecule has 0 bridgehead atoms. The zero-order valence-corrected chi connectivity index (χ0v) is 15.9. The highest BCUT2D eigenvalue weighted by atomic mass is 32.2. The number of nitrogens with zero attached hydrogens (tertiary/aromatic N) is 1. The average molecular weight is 379 g/mol. The molecule has 3 rings (SSSR count). The summed E-state index contributed by atoms with van der Waals surface area (Å²) in [5, 5.41) is 2.68.